The predicted molar refractivity (Wildman–Crippen MR) is 109 cm³/mol. The minimum Gasteiger partial charge on any atom is -0.493 e. The van der Waals surface area contributed by atoms with Crippen LogP contribution < -0.4 is 14.8 Å². The maximum Gasteiger partial charge on any atom is 0.264 e. The van der Waals surface area contributed by atoms with Crippen molar-refractivity contribution in [3.05, 3.63) is 56.3 Å². The number of amides is 1. The third-order valence-corrected chi connectivity index (χ3v) is 5.19. The molecule has 2 aromatic carbocycles. The fourth-order valence-corrected chi connectivity index (χ4v) is 3.99. The van der Waals surface area contributed by atoms with Crippen molar-refractivity contribution in [1.29, 1.82) is 0 Å². The van der Waals surface area contributed by atoms with Gasteiger partial charge in [-0.1, -0.05) is 12.1 Å². The standard InChI is InChI=1S/C18H14FIN2O3S/c1-24-14-8-10(7-12(20)16(14)25-2)9-15-17(23)22-18(26-15)21-13-6-4-3-5-11(13)19/h3-9H,1-2H3,(H,21,22,23)/b15-9-. The van der Waals surface area contributed by atoms with Crippen LogP contribution >= 0.6 is 34.4 Å². The molecule has 1 aliphatic rings. The predicted octanol–water partition coefficient (Wildman–Crippen LogP) is 4.34. The van der Waals surface area contributed by atoms with E-state index in [9.17, 15) is 9.18 Å². The second-order valence-corrected chi connectivity index (χ2v) is 7.36. The molecule has 0 radical (unpaired) electrons. The first-order valence-electron chi connectivity index (χ1n) is 7.47. The molecule has 2 aromatic rings. The van der Waals surface area contributed by atoms with Gasteiger partial charge in [-0.3, -0.25) is 4.79 Å². The van der Waals surface area contributed by atoms with Crippen LogP contribution in [0.4, 0.5) is 10.1 Å². The Morgan fingerprint density at radius 3 is 2.69 bits per heavy atom. The van der Waals surface area contributed by atoms with Crippen molar-refractivity contribution >= 4 is 57.2 Å². The van der Waals surface area contributed by atoms with E-state index in [-0.39, 0.29) is 11.6 Å². The third-order valence-electron chi connectivity index (χ3n) is 3.48. The molecule has 0 aliphatic carbocycles. The summed E-state index contributed by atoms with van der Waals surface area (Å²) in [5.74, 6) is 0.493. The van der Waals surface area contributed by atoms with E-state index in [2.05, 4.69) is 32.9 Å². The summed E-state index contributed by atoms with van der Waals surface area (Å²) < 4.78 is 25.2. The lowest BCUT2D eigenvalue weighted by atomic mass is 10.2. The van der Waals surface area contributed by atoms with Crippen molar-refractivity contribution in [2.24, 2.45) is 4.99 Å². The molecule has 5 nitrogen and oxygen atoms in total. The molecule has 0 aromatic heterocycles. The van der Waals surface area contributed by atoms with E-state index in [4.69, 9.17) is 9.47 Å². The summed E-state index contributed by atoms with van der Waals surface area (Å²) in [6, 6.07) is 9.81. The summed E-state index contributed by atoms with van der Waals surface area (Å²) >= 11 is 3.30. The maximum absolute atomic E-state index is 13.7. The first-order valence-corrected chi connectivity index (χ1v) is 9.37. The van der Waals surface area contributed by atoms with Crippen LogP contribution in [0.2, 0.25) is 0 Å². The number of aliphatic imine (C=N–C) groups is 1. The molecule has 3 rings (SSSR count). The van der Waals surface area contributed by atoms with Gasteiger partial charge in [-0.15, -0.1) is 0 Å². The highest BCUT2D eigenvalue weighted by molar-refractivity contribution is 14.1. The number of para-hydroxylation sites is 1. The van der Waals surface area contributed by atoms with E-state index in [0.717, 1.165) is 20.9 Å². The Bertz CT molecular complexity index is 931. The van der Waals surface area contributed by atoms with Crippen LogP contribution in [-0.4, -0.2) is 25.3 Å². The van der Waals surface area contributed by atoms with Gasteiger partial charge in [0.1, 0.15) is 11.5 Å². The van der Waals surface area contributed by atoms with Crippen molar-refractivity contribution in [3.8, 4) is 11.5 Å². The number of hydrogen-bond acceptors (Lipinski definition) is 5. The number of ether oxygens (including phenoxy) is 2. The zero-order chi connectivity index (χ0) is 18.7. The van der Waals surface area contributed by atoms with Crippen LogP contribution in [0.1, 0.15) is 5.56 Å². The number of nitrogens with one attached hydrogen (secondary N) is 1. The van der Waals surface area contributed by atoms with Gasteiger partial charge in [0, 0.05) is 0 Å². The molecular formula is C18H14FIN2O3S. The Morgan fingerprint density at radius 1 is 1.23 bits per heavy atom. The van der Waals surface area contributed by atoms with Gasteiger partial charge in [0.15, 0.2) is 16.7 Å². The van der Waals surface area contributed by atoms with Crippen LogP contribution in [0, 0.1) is 9.39 Å². The molecule has 0 saturated carbocycles. The fraction of sp³-hybridized carbons (Fsp3) is 0.111. The lowest BCUT2D eigenvalue weighted by molar-refractivity contribution is -0.115. The van der Waals surface area contributed by atoms with E-state index in [0.29, 0.717) is 21.6 Å². The molecule has 8 heteroatoms. The van der Waals surface area contributed by atoms with Crippen molar-refractivity contribution < 1.29 is 18.7 Å². The van der Waals surface area contributed by atoms with E-state index in [1.165, 1.54) is 6.07 Å². The molecule has 0 unspecified atom stereocenters. The molecule has 26 heavy (non-hydrogen) atoms. The second kappa shape index (κ2) is 8.09. The molecule has 1 fully saturated rings. The molecule has 1 N–H and O–H groups in total. The molecule has 0 bridgehead atoms. The van der Waals surface area contributed by atoms with E-state index >= 15 is 0 Å². The summed E-state index contributed by atoms with van der Waals surface area (Å²) in [7, 11) is 3.13. The Morgan fingerprint density at radius 2 is 2.00 bits per heavy atom. The lowest BCUT2D eigenvalue weighted by Crippen LogP contribution is -2.19. The molecule has 134 valence electrons. The Hall–Kier alpha value is -2.07. The number of nitrogens with zero attached hydrogens (tertiary/aromatic N) is 1. The molecule has 1 aliphatic heterocycles. The normalized spacial score (nSPS) is 16.8. The molecule has 0 spiro atoms. The number of amidine groups is 1. The summed E-state index contributed by atoms with van der Waals surface area (Å²) in [5.41, 5.74) is 0.967. The minimum atomic E-state index is -0.443. The van der Waals surface area contributed by atoms with Crippen LogP contribution in [0.5, 0.6) is 11.5 Å². The minimum absolute atomic E-state index is 0.178. The van der Waals surface area contributed by atoms with Crippen molar-refractivity contribution in [3.63, 3.8) is 0 Å². The number of rotatable bonds is 4. The summed E-state index contributed by atoms with van der Waals surface area (Å²) in [6.07, 6.45) is 1.73. The van der Waals surface area contributed by atoms with Gasteiger partial charge in [-0.25, -0.2) is 9.38 Å². The van der Waals surface area contributed by atoms with Crippen LogP contribution in [0.25, 0.3) is 6.08 Å². The van der Waals surface area contributed by atoms with Gasteiger partial charge < -0.3 is 14.8 Å². The van der Waals surface area contributed by atoms with E-state index in [1.54, 1.807) is 44.6 Å². The van der Waals surface area contributed by atoms with Gasteiger partial charge in [0.05, 0.1) is 22.7 Å². The summed E-state index contributed by atoms with van der Waals surface area (Å²) in [5, 5.41) is 2.98. The average Bonchev–Trinajstić information content (AvgIpc) is 2.95. The number of halogens is 2. The summed E-state index contributed by atoms with van der Waals surface area (Å²) in [6.45, 7) is 0. The monoisotopic (exact) mass is 484 g/mol. The molecule has 0 atom stereocenters. The smallest absolute Gasteiger partial charge is 0.264 e. The van der Waals surface area contributed by atoms with Crippen molar-refractivity contribution in [2.45, 2.75) is 0 Å². The van der Waals surface area contributed by atoms with Crippen LogP contribution in [0.3, 0.4) is 0 Å². The van der Waals surface area contributed by atoms with E-state index in [1.807, 2.05) is 6.07 Å². The topological polar surface area (TPSA) is 59.9 Å². The average molecular weight is 484 g/mol. The quantitative estimate of drug-likeness (QED) is 0.519. The highest BCUT2D eigenvalue weighted by Crippen LogP contribution is 2.35. The maximum atomic E-state index is 13.7. The molecular weight excluding hydrogens is 470 g/mol. The van der Waals surface area contributed by atoms with Gasteiger partial charge in [-0.05, 0) is 70.3 Å². The third kappa shape index (κ3) is 4.01. The van der Waals surface area contributed by atoms with Gasteiger partial charge >= 0.3 is 0 Å². The number of benzene rings is 2. The van der Waals surface area contributed by atoms with Gasteiger partial charge in [0.2, 0.25) is 0 Å². The van der Waals surface area contributed by atoms with E-state index < -0.39 is 5.82 Å². The van der Waals surface area contributed by atoms with Crippen LogP contribution in [-0.2, 0) is 4.79 Å². The SMILES string of the molecule is COc1cc(/C=C2\SC(=Nc3ccccc3F)NC2=O)cc(I)c1OC. The highest BCUT2D eigenvalue weighted by atomic mass is 127. The zero-order valence-electron chi connectivity index (χ0n) is 13.9. The van der Waals surface area contributed by atoms with Gasteiger partial charge in [0.25, 0.3) is 5.91 Å². The fourth-order valence-electron chi connectivity index (χ4n) is 2.30. The largest absolute Gasteiger partial charge is 0.493 e. The summed E-state index contributed by atoms with van der Waals surface area (Å²) in [4.78, 5) is 16.8. The van der Waals surface area contributed by atoms with Crippen molar-refractivity contribution in [2.75, 3.05) is 14.2 Å². The number of carbonyl (C=O) groups is 1. The van der Waals surface area contributed by atoms with Crippen molar-refractivity contribution in [1.82, 2.24) is 5.32 Å². The Labute approximate surface area is 167 Å². The number of hydrogen-bond donors (Lipinski definition) is 1. The molecule has 1 heterocycles. The second-order valence-electron chi connectivity index (χ2n) is 5.17. The zero-order valence-corrected chi connectivity index (χ0v) is 16.9. The molecule has 1 saturated heterocycles. The number of methoxy groups -OCH3 is 2. The Balaban J connectivity index is 1.90. The highest BCUT2D eigenvalue weighted by Gasteiger charge is 2.24. The lowest BCUT2D eigenvalue weighted by Gasteiger charge is -2.10. The first kappa shape index (κ1) is 18.7. The number of carbonyl (C=O) groups excluding carboxylic acids is 1. The molecule has 1 amide bonds. The first-order chi connectivity index (χ1) is 12.5. The Kier molecular flexibility index (Phi) is 5.82. The number of thioether (sulfide) groups is 1. The van der Waals surface area contributed by atoms with Gasteiger partial charge in [-0.2, -0.15) is 0 Å². The van der Waals surface area contributed by atoms with Crippen LogP contribution in [0.15, 0.2) is 46.3 Å².